The molecule has 2 aromatic carbocycles. The first kappa shape index (κ1) is 24.0. The van der Waals surface area contributed by atoms with Gasteiger partial charge in [0, 0.05) is 36.1 Å². The molecular weight excluding hydrogens is 474 g/mol. The monoisotopic (exact) mass is 497 g/mol. The van der Waals surface area contributed by atoms with Gasteiger partial charge in [0.25, 0.3) is 0 Å². The molecule has 2 heterocycles. The van der Waals surface area contributed by atoms with E-state index in [9.17, 15) is 18.5 Å². The summed E-state index contributed by atoms with van der Waals surface area (Å²) in [6.07, 6.45) is 5.43. The van der Waals surface area contributed by atoms with Crippen molar-refractivity contribution in [3.8, 4) is 17.2 Å². The van der Waals surface area contributed by atoms with Crippen LogP contribution in [-0.2, 0) is 27.8 Å². The molecule has 34 heavy (non-hydrogen) atoms. The van der Waals surface area contributed by atoms with Gasteiger partial charge < -0.3 is 9.67 Å². The van der Waals surface area contributed by atoms with Crippen LogP contribution in [0.2, 0.25) is 5.02 Å². The number of hydrogen-bond acceptors (Lipinski definition) is 4. The molecule has 1 N–H and O–H groups in total. The molecule has 0 aliphatic carbocycles. The van der Waals surface area contributed by atoms with Crippen molar-refractivity contribution in [3.63, 3.8) is 0 Å². The number of carboxylic acid groups (broad SMARTS) is 1. The summed E-state index contributed by atoms with van der Waals surface area (Å²) in [6.45, 7) is 0.554. The lowest BCUT2D eigenvalue weighted by Gasteiger charge is -2.31. The average Bonchev–Trinajstić information content (AvgIpc) is 3.22. The molecule has 4 rings (SSSR count). The van der Waals surface area contributed by atoms with Crippen LogP contribution in [0, 0.1) is 17.2 Å². The SMILES string of the molecule is N#Cc1cn(CC(=O)O)cc1-c1cc(Cl)cc(S(=O)(=O)N2CCC(Cc3ccccc3)CC2)c1. The van der Waals surface area contributed by atoms with Gasteiger partial charge in [-0.1, -0.05) is 41.9 Å². The highest BCUT2D eigenvalue weighted by atomic mass is 35.5. The maximum atomic E-state index is 13.4. The summed E-state index contributed by atoms with van der Waals surface area (Å²) < 4.78 is 29.7. The van der Waals surface area contributed by atoms with E-state index < -0.39 is 16.0 Å². The van der Waals surface area contributed by atoms with E-state index in [0.29, 0.717) is 30.1 Å². The minimum absolute atomic E-state index is 0.0615. The molecule has 0 saturated carbocycles. The van der Waals surface area contributed by atoms with Crippen LogP contribution >= 0.6 is 11.6 Å². The Morgan fingerprint density at radius 1 is 1.12 bits per heavy atom. The molecule has 1 aromatic heterocycles. The second-order valence-corrected chi connectivity index (χ2v) is 10.9. The standard InChI is InChI=1S/C25H24ClN3O4S/c26-22-11-20(24-16-28(17-25(30)31)15-21(24)14-27)12-23(13-22)34(32,33)29-8-6-19(7-9-29)10-18-4-2-1-3-5-18/h1-5,11-13,15-16,19H,6-10,17H2,(H,30,31). The van der Waals surface area contributed by atoms with Gasteiger partial charge >= 0.3 is 5.97 Å². The van der Waals surface area contributed by atoms with Gasteiger partial charge in [-0.05, 0) is 54.5 Å². The molecule has 0 amide bonds. The van der Waals surface area contributed by atoms with Crippen LogP contribution in [0.5, 0.6) is 0 Å². The summed E-state index contributed by atoms with van der Waals surface area (Å²) in [7, 11) is -3.78. The van der Waals surface area contributed by atoms with Crippen molar-refractivity contribution in [2.24, 2.45) is 5.92 Å². The lowest BCUT2D eigenvalue weighted by molar-refractivity contribution is -0.137. The minimum atomic E-state index is -3.78. The number of nitrogens with zero attached hydrogens (tertiary/aromatic N) is 3. The maximum Gasteiger partial charge on any atom is 0.323 e. The van der Waals surface area contributed by atoms with Crippen molar-refractivity contribution in [2.45, 2.75) is 30.7 Å². The molecule has 1 fully saturated rings. The average molecular weight is 498 g/mol. The van der Waals surface area contributed by atoms with Crippen molar-refractivity contribution in [3.05, 3.63) is 77.1 Å². The minimum Gasteiger partial charge on any atom is -0.480 e. The first-order valence-corrected chi connectivity index (χ1v) is 12.7. The number of sulfonamides is 1. The molecule has 1 saturated heterocycles. The molecule has 7 nitrogen and oxygen atoms in total. The number of benzene rings is 2. The molecule has 0 unspecified atom stereocenters. The van der Waals surface area contributed by atoms with Crippen molar-refractivity contribution in [2.75, 3.05) is 13.1 Å². The summed E-state index contributed by atoms with van der Waals surface area (Å²) in [5.41, 5.74) is 2.38. The number of halogens is 1. The van der Waals surface area contributed by atoms with Crippen LogP contribution in [-0.4, -0.2) is 41.5 Å². The highest BCUT2D eigenvalue weighted by molar-refractivity contribution is 7.89. The number of carbonyl (C=O) groups is 1. The molecule has 1 aliphatic rings. The highest BCUT2D eigenvalue weighted by Crippen LogP contribution is 2.32. The van der Waals surface area contributed by atoms with Crippen LogP contribution in [0.15, 0.2) is 65.8 Å². The fraction of sp³-hybridized carbons (Fsp3) is 0.280. The number of aliphatic carboxylic acids is 1. The molecule has 0 radical (unpaired) electrons. The second kappa shape index (κ2) is 10.0. The third-order valence-electron chi connectivity index (χ3n) is 6.08. The lowest BCUT2D eigenvalue weighted by atomic mass is 9.91. The molecule has 0 atom stereocenters. The summed E-state index contributed by atoms with van der Waals surface area (Å²) in [4.78, 5) is 11.1. The molecule has 9 heteroatoms. The Bertz CT molecular complexity index is 1340. The van der Waals surface area contributed by atoms with Crippen molar-refractivity contribution < 1.29 is 18.3 Å². The van der Waals surface area contributed by atoms with E-state index in [4.69, 9.17) is 16.7 Å². The predicted molar refractivity (Wildman–Crippen MR) is 129 cm³/mol. The Morgan fingerprint density at radius 2 is 1.82 bits per heavy atom. The molecule has 0 spiro atoms. The van der Waals surface area contributed by atoms with Crippen molar-refractivity contribution >= 4 is 27.6 Å². The zero-order chi connectivity index (χ0) is 24.3. The Hall–Kier alpha value is -3.12. The maximum absolute atomic E-state index is 13.4. The first-order chi connectivity index (χ1) is 16.3. The second-order valence-electron chi connectivity index (χ2n) is 8.48. The fourth-order valence-electron chi connectivity index (χ4n) is 4.39. The molecule has 0 bridgehead atoms. The highest BCUT2D eigenvalue weighted by Gasteiger charge is 2.30. The molecule has 176 valence electrons. The van der Waals surface area contributed by atoms with Crippen LogP contribution in [0.4, 0.5) is 0 Å². The Labute approximate surface area is 203 Å². The third kappa shape index (κ3) is 5.33. The van der Waals surface area contributed by atoms with Gasteiger partial charge in [0.2, 0.25) is 10.0 Å². The summed E-state index contributed by atoms with van der Waals surface area (Å²) in [6, 6.07) is 16.7. The summed E-state index contributed by atoms with van der Waals surface area (Å²) >= 11 is 6.28. The van der Waals surface area contributed by atoms with E-state index in [1.165, 1.54) is 39.0 Å². The van der Waals surface area contributed by atoms with E-state index in [2.05, 4.69) is 12.1 Å². The van der Waals surface area contributed by atoms with E-state index in [0.717, 1.165) is 19.3 Å². The number of carboxylic acids is 1. The predicted octanol–water partition coefficient (Wildman–Crippen LogP) is 4.41. The quantitative estimate of drug-likeness (QED) is 0.520. The van der Waals surface area contributed by atoms with Gasteiger partial charge in [-0.15, -0.1) is 0 Å². The summed E-state index contributed by atoms with van der Waals surface area (Å²) in [5, 5.41) is 18.8. The van der Waals surface area contributed by atoms with Crippen molar-refractivity contribution in [1.82, 2.24) is 8.87 Å². The van der Waals surface area contributed by atoms with Crippen LogP contribution in [0.3, 0.4) is 0 Å². The van der Waals surface area contributed by atoms with Gasteiger partial charge in [0.15, 0.2) is 0 Å². The number of nitriles is 1. The fourth-order valence-corrected chi connectivity index (χ4v) is 6.23. The largest absolute Gasteiger partial charge is 0.480 e. The van der Waals surface area contributed by atoms with Gasteiger partial charge in [-0.25, -0.2) is 8.42 Å². The molecule has 3 aromatic rings. The Morgan fingerprint density at radius 3 is 2.47 bits per heavy atom. The molecular formula is C25H24ClN3O4S. The van der Waals surface area contributed by atoms with E-state index in [-0.39, 0.29) is 22.0 Å². The molecule has 1 aliphatic heterocycles. The summed E-state index contributed by atoms with van der Waals surface area (Å²) in [5.74, 6) is -0.618. The van der Waals surface area contributed by atoms with Crippen LogP contribution in [0.1, 0.15) is 24.0 Å². The van der Waals surface area contributed by atoms with Gasteiger partial charge in [0.1, 0.15) is 12.6 Å². The zero-order valence-corrected chi connectivity index (χ0v) is 20.0. The lowest BCUT2D eigenvalue weighted by Crippen LogP contribution is -2.38. The van der Waals surface area contributed by atoms with E-state index >= 15 is 0 Å². The number of rotatable bonds is 7. The van der Waals surface area contributed by atoms with Gasteiger partial charge in [-0.3, -0.25) is 4.79 Å². The van der Waals surface area contributed by atoms with Gasteiger partial charge in [-0.2, -0.15) is 9.57 Å². The number of hydrogen-bond donors (Lipinski definition) is 1. The topological polar surface area (TPSA) is 103 Å². The van der Waals surface area contributed by atoms with Gasteiger partial charge in [0.05, 0.1) is 10.5 Å². The van der Waals surface area contributed by atoms with E-state index in [1.54, 1.807) is 6.07 Å². The van der Waals surface area contributed by atoms with Crippen LogP contribution < -0.4 is 0 Å². The first-order valence-electron chi connectivity index (χ1n) is 10.9. The third-order valence-corrected chi connectivity index (χ3v) is 8.17. The number of aromatic nitrogens is 1. The van der Waals surface area contributed by atoms with E-state index in [1.807, 2.05) is 24.3 Å². The Kier molecular flexibility index (Phi) is 7.08. The van der Waals surface area contributed by atoms with Crippen molar-refractivity contribution in [1.29, 1.82) is 5.26 Å². The number of piperidine rings is 1. The smallest absolute Gasteiger partial charge is 0.323 e. The van der Waals surface area contributed by atoms with Crippen LogP contribution in [0.25, 0.3) is 11.1 Å². The normalized spacial score (nSPS) is 15.2. The zero-order valence-electron chi connectivity index (χ0n) is 18.4. The Balaban J connectivity index is 1.55.